The van der Waals surface area contributed by atoms with Crippen LogP contribution < -0.4 is 20.6 Å². The van der Waals surface area contributed by atoms with Gasteiger partial charge in [0.2, 0.25) is 0 Å². The Kier molecular flexibility index (Phi) is 7.40. The first-order chi connectivity index (χ1) is 13.9. The van der Waals surface area contributed by atoms with E-state index in [9.17, 15) is 4.21 Å². The van der Waals surface area contributed by atoms with Crippen molar-refractivity contribution in [1.82, 2.24) is 4.72 Å². The van der Waals surface area contributed by atoms with Gasteiger partial charge in [0.25, 0.3) is 0 Å². The molecule has 0 bridgehead atoms. The summed E-state index contributed by atoms with van der Waals surface area (Å²) < 4.78 is 15.9. The van der Waals surface area contributed by atoms with Gasteiger partial charge < -0.3 is 0 Å². The van der Waals surface area contributed by atoms with Crippen LogP contribution in [0.1, 0.15) is 45.7 Å². The SMILES string of the molecule is CC[C@H](N[S@@](=O)C(C)(C)C)c1ccccc1P(c1ccccc1)c1ccccc1. The first-order valence-electron chi connectivity index (χ1n) is 10.1. The van der Waals surface area contributed by atoms with Gasteiger partial charge in [0.15, 0.2) is 0 Å². The molecule has 0 fully saturated rings. The Morgan fingerprint density at radius 2 is 1.31 bits per heavy atom. The zero-order valence-corrected chi connectivity index (χ0v) is 19.3. The molecule has 3 aromatic carbocycles. The van der Waals surface area contributed by atoms with Gasteiger partial charge in [-0.15, -0.1) is 0 Å². The molecule has 2 atom stereocenters. The highest BCUT2D eigenvalue weighted by Gasteiger charge is 2.26. The van der Waals surface area contributed by atoms with E-state index in [1.54, 1.807) is 0 Å². The molecule has 0 unspecified atom stereocenters. The monoisotopic (exact) mass is 423 g/mol. The highest BCUT2D eigenvalue weighted by atomic mass is 32.2. The van der Waals surface area contributed by atoms with Crippen molar-refractivity contribution in [3.63, 3.8) is 0 Å². The molecule has 3 rings (SSSR count). The van der Waals surface area contributed by atoms with Crippen molar-refractivity contribution in [2.75, 3.05) is 0 Å². The fourth-order valence-electron chi connectivity index (χ4n) is 3.24. The second kappa shape index (κ2) is 9.80. The van der Waals surface area contributed by atoms with Crippen LogP contribution in [0.15, 0.2) is 84.9 Å². The molecule has 4 heteroatoms. The molecule has 29 heavy (non-hydrogen) atoms. The highest BCUT2D eigenvalue weighted by Crippen LogP contribution is 2.36. The van der Waals surface area contributed by atoms with E-state index in [1.807, 2.05) is 20.8 Å². The summed E-state index contributed by atoms with van der Waals surface area (Å²) in [5, 5.41) is 3.98. The van der Waals surface area contributed by atoms with E-state index in [1.165, 1.54) is 21.5 Å². The Balaban J connectivity index is 2.10. The first-order valence-corrected chi connectivity index (χ1v) is 12.6. The van der Waals surface area contributed by atoms with Gasteiger partial charge in [0, 0.05) is 6.04 Å². The lowest BCUT2D eigenvalue weighted by Crippen LogP contribution is -2.37. The smallest absolute Gasteiger partial charge is 0.0975 e. The topological polar surface area (TPSA) is 29.1 Å². The minimum atomic E-state index is -1.12. The maximum absolute atomic E-state index is 12.8. The predicted molar refractivity (Wildman–Crippen MR) is 129 cm³/mol. The quantitative estimate of drug-likeness (QED) is 0.536. The van der Waals surface area contributed by atoms with Crippen molar-refractivity contribution in [2.24, 2.45) is 0 Å². The molecule has 0 spiro atoms. The largest absolute Gasteiger partial charge is 0.242 e. The van der Waals surface area contributed by atoms with E-state index < -0.39 is 18.9 Å². The van der Waals surface area contributed by atoms with Crippen LogP contribution in [0.3, 0.4) is 0 Å². The van der Waals surface area contributed by atoms with Crippen molar-refractivity contribution in [3.05, 3.63) is 90.5 Å². The number of rotatable bonds is 7. The molecule has 0 heterocycles. The third-order valence-corrected chi connectivity index (χ3v) is 8.92. The van der Waals surface area contributed by atoms with Crippen LogP contribution in [0.5, 0.6) is 0 Å². The van der Waals surface area contributed by atoms with Crippen LogP contribution in [0, 0.1) is 0 Å². The van der Waals surface area contributed by atoms with Crippen LogP contribution in [0.4, 0.5) is 0 Å². The maximum Gasteiger partial charge on any atom is 0.0975 e. The van der Waals surface area contributed by atoms with Gasteiger partial charge in [-0.1, -0.05) is 91.9 Å². The molecule has 2 nitrogen and oxygen atoms in total. The Bertz CT molecular complexity index is 898. The molecule has 0 radical (unpaired) electrons. The fourth-order valence-corrected chi connectivity index (χ4v) is 6.66. The summed E-state index contributed by atoms with van der Waals surface area (Å²) in [7, 11) is -1.82. The van der Waals surface area contributed by atoms with E-state index in [0.717, 1.165) is 6.42 Å². The van der Waals surface area contributed by atoms with Gasteiger partial charge in [-0.05, 0) is 56.6 Å². The average Bonchev–Trinajstić information content (AvgIpc) is 2.73. The number of benzene rings is 3. The van der Waals surface area contributed by atoms with Crippen molar-refractivity contribution in [2.45, 2.75) is 44.9 Å². The summed E-state index contributed by atoms with van der Waals surface area (Å²) >= 11 is 0. The normalized spacial score (nSPS) is 14.0. The lowest BCUT2D eigenvalue weighted by molar-refractivity contribution is 0.590. The fraction of sp³-hybridized carbons (Fsp3) is 0.280. The van der Waals surface area contributed by atoms with E-state index in [2.05, 4.69) is 96.6 Å². The van der Waals surface area contributed by atoms with Gasteiger partial charge in [-0.25, -0.2) is 8.93 Å². The molecule has 0 aliphatic carbocycles. The average molecular weight is 424 g/mol. The minimum Gasteiger partial charge on any atom is -0.242 e. The minimum absolute atomic E-state index is 0.0451. The van der Waals surface area contributed by atoms with E-state index in [4.69, 9.17) is 0 Å². The van der Waals surface area contributed by atoms with Crippen LogP contribution >= 0.6 is 7.92 Å². The van der Waals surface area contributed by atoms with Gasteiger partial charge in [0.05, 0.1) is 15.7 Å². The summed E-state index contributed by atoms with van der Waals surface area (Å²) in [6.45, 7) is 8.18. The van der Waals surface area contributed by atoms with E-state index in [-0.39, 0.29) is 10.8 Å². The molecule has 0 saturated carbocycles. The zero-order valence-electron chi connectivity index (χ0n) is 17.6. The van der Waals surface area contributed by atoms with E-state index >= 15 is 0 Å². The van der Waals surface area contributed by atoms with Crippen LogP contribution in [-0.4, -0.2) is 8.96 Å². The second-order valence-corrected chi connectivity index (χ2v) is 12.2. The number of hydrogen-bond acceptors (Lipinski definition) is 1. The maximum atomic E-state index is 12.8. The van der Waals surface area contributed by atoms with Crippen molar-refractivity contribution in [1.29, 1.82) is 0 Å². The van der Waals surface area contributed by atoms with Gasteiger partial charge in [0.1, 0.15) is 0 Å². The molecule has 0 aliphatic rings. The third kappa shape index (κ3) is 5.42. The summed E-state index contributed by atoms with van der Waals surface area (Å²) in [6.07, 6.45) is 0.881. The van der Waals surface area contributed by atoms with Crippen molar-refractivity contribution in [3.8, 4) is 0 Å². The predicted octanol–water partition coefficient (Wildman–Crippen LogP) is 4.95. The third-order valence-electron chi connectivity index (χ3n) is 4.80. The van der Waals surface area contributed by atoms with Crippen LogP contribution in [0.2, 0.25) is 0 Å². The molecule has 0 aromatic heterocycles. The van der Waals surface area contributed by atoms with Crippen LogP contribution in [-0.2, 0) is 11.0 Å². The van der Waals surface area contributed by atoms with Crippen molar-refractivity contribution >= 4 is 34.8 Å². The van der Waals surface area contributed by atoms with E-state index in [0.29, 0.717) is 0 Å². The Labute approximate surface area is 179 Å². The number of hydrogen-bond donors (Lipinski definition) is 1. The summed E-state index contributed by atoms with van der Waals surface area (Å²) in [6, 6.07) is 30.1. The summed E-state index contributed by atoms with van der Waals surface area (Å²) in [5.41, 5.74) is 1.24. The molecule has 0 amide bonds. The number of nitrogens with one attached hydrogen (secondary N) is 1. The molecule has 0 saturated heterocycles. The van der Waals surface area contributed by atoms with Gasteiger partial charge in [-0.2, -0.15) is 0 Å². The lowest BCUT2D eigenvalue weighted by Gasteiger charge is -2.28. The lowest BCUT2D eigenvalue weighted by atomic mass is 10.1. The standard InChI is InChI=1S/C25H30NOPS/c1-5-23(26-29(27)25(2,3)4)22-18-12-13-19-24(22)28(20-14-8-6-9-15-20)21-16-10-7-11-17-21/h6-19,23,26H,5H2,1-4H3/t23-,29-/m0/s1. The first kappa shape index (κ1) is 21.9. The van der Waals surface area contributed by atoms with Gasteiger partial charge >= 0.3 is 0 Å². The molecule has 1 N–H and O–H groups in total. The molecule has 152 valence electrons. The summed E-state index contributed by atoms with van der Waals surface area (Å²) in [5.74, 6) is 0. The molecular weight excluding hydrogens is 393 g/mol. The Morgan fingerprint density at radius 1 is 0.828 bits per heavy atom. The zero-order chi connectivity index (χ0) is 20.9. The van der Waals surface area contributed by atoms with Crippen LogP contribution in [0.25, 0.3) is 0 Å². The molecular formula is C25H30NOPS. The van der Waals surface area contributed by atoms with Gasteiger partial charge in [-0.3, -0.25) is 0 Å². The highest BCUT2D eigenvalue weighted by molar-refractivity contribution is 7.84. The molecule has 0 aliphatic heterocycles. The van der Waals surface area contributed by atoms with Crippen molar-refractivity contribution < 1.29 is 4.21 Å². The Hall–Kier alpha value is -1.80. The molecule has 3 aromatic rings. The Morgan fingerprint density at radius 3 is 1.79 bits per heavy atom. The summed E-state index contributed by atoms with van der Waals surface area (Å²) in [4.78, 5) is 0. The second-order valence-electron chi connectivity index (χ2n) is 8.03.